The zero-order chi connectivity index (χ0) is 19.0. The van der Waals surface area contributed by atoms with Gasteiger partial charge in [0.25, 0.3) is 0 Å². The predicted octanol–water partition coefficient (Wildman–Crippen LogP) is 5.84. The number of hydrogen-bond acceptors (Lipinski definition) is 1. The summed E-state index contributed by atoms with van der Waals surface area (Å²) in [6, 6.07) is 12.4. The Labute approximate surface area is 155 Å². The quantitative estimate of drug-likeness (QED) is 0.522. The normalized spacial score (nSPS) is 15.5. The van der Waals surface area contributed by atoms with Crippen LogP contribution in [-0.2, 0) is 12.7 Å². The van der Waals surface area contributed by atoms with Crippen LogP contribution < -0.4 is 4.90 Å². The van der Waals surface area contributed by atoms with Gasteiger partial charge in [-0.3, -0.25) is 0 Å². The monoisotopic (exact) mass is 376 g/mol. The van der Waals surface area contributed by atoms with Crippen molar-refractivity contribution in [1.82, 2.24) is 4.57 Å². The van der Waals surface area contributed by atoms with Crippen LogP contribution in [0.4, 0.5) is 23.2 Å². The molecule has 0 aliphatic carbocycles. The number of halogens is 4. The fourth-order valence-electron chi connectivity index (χ4n) is 3.90. The van der Waals surface area contributed by atoms with E-state index in [4.69, 9.17) is 0 Å². The van der Waals surface area contributed by atoms with Gasteiger partial charge in [-0.2, -0.15) is 13.2 Å². The molecule has 1 aromatic heterocycles. The minimum atomic E-state index is -4.48. The molecule has 2 heterocycles. The molecule has 2 aromatic carbocycles. The van der Waals surface area contributed by atoms with E-state index in [2.05, 4.69) is 4.90 Å². The van der Waals surface area contributed by atoms with Gasteiger partial charge in [-0.15, -0.1) is 0 Å². The highest BCUT2D eigenvalue weighted by Crippen LogP contribution is 2.38. The van der Waals surface area contributed by atoms with Gasteiger partial charge in [0.2, 0.25) is 0 Å². The number of anilines is 1. The third-order valence-corrected chi connectivity index (χ3v) is 5.14. The van der Waals surface area contributed by atoms with Crippen molar-refractivity contribution in [2.45, 2.75) is 32.0 Å². The average Bonchev–Trinajstić information content (AvgIpc) is 3.01. The Kier molecular flexibility index (Phi) is 4.58. The molecule has 1 aliphatic heterocycles. The summed E-state index contributed by atoms with van der Waals surface area (Å²) in [7, 11) is 0. The molecule has 1 saturated heterocycles. The lowest BCUT2D eigenvalue weighted by atomic mass is 10.1. The Morgan fingerprint density at radius 3 is 2.33 bits per heavy atom. The van der Waals surface area contributed by atoms with Gasteiger partial charge in [0, 0.05) is 30.7 Å². The van der Waals surface area contributed by atoms with E-state index >= 15 is 0 Å². The number of benzene rings is 2. The molecule has 142 valence electrons. The zero-order valence-electron chi connectivity index (χ0n) is 14.8. The SMILES string of the molecule is Fc1cccc(Cn2c(C(F)(F)F)cc3c(N4CCCCC4)cccc32)c1. The first kappa shape index (κ1) is 17.9. The first-order valence-corrected chi connectivity index (χ1v) is 9.12. The summed E-state index contributed by atoms with van der Waals surface area (Å²) in [5, 5.41) is 0.600. The van der Waals surface area contributed by atoms with E-state index in [9.17, 15) is 17.6 Å². The molecule has 0 atom stereocenters. The minimum Gasteiger partial charge on any atom is -0.371 e. The summed E-state index contributed by atoms with van der Waals surface area (Å²) in [6.07, 6.45) is -1.23. The smallest absolute Gasteiger partial charge is 0.371 e. The lowest BCUT2D eigenvalue weighted by Crippen LogP contribution is -2.29. The van der Waals surface area contributed by atoms with Gasteiger partial charge in [0.05, 0.1) is 5.52 Å². The van der Waals surface area contributed by atoms with Crippen LogP contribution in [0.2, 0.25) is 0 Å². The van der Waals surface area contributed by atoms with Crippen LogP contribution in [0.5, 0.6) is 0 Å². The van der Waals surface area contributed by atoms with Gasteiger partial charge in [0.1, 0.15) is 11.5 Å². The van der Waals surface area contributed by atoms with Crippen molar-refractivity contribution in [3.63, 3.8) is 0 Å². The first-order valence-electron chi connectivity index (χ1n) is 9.12. The first-order chi connectivity index (χ1) is 12.9. The van der Waals surface area contributed by atoms with Gasteiger partial charge in [-0.25, -0.2) is 4.39 Å². The van der Waals surface area contributed by atoms with Gasteiger partial charge >= 0.3 is 6.18 Å². The number of fused-ring (bicyclic) bond motifs is 1. The molecule has 0 bridgehead atoms. The number of rotatable bonds is 3. The van der Waals surface area contributed by atoms with Gasteiger partial charge in [0.15, 0.2) is 0 Å². The Bertz CT molecular complexity index is 952. The van der Waals surface area contributed by atoms with E-state index in [1.807, 2.05) is 6.07 Å². The molecule has 4 rings (SSSR count). The molecule has 0 saturated carbocycles. The number of aromatic nitrogens is 1. The van der Waals surface area contributed by atoms with Crippen molar-refractivity contribution >= 4 is 16.6 Å². The second kappa shape index (κ2) is 6.91. The summed E-state index contributed by atoms with van der Waals surface area (Å²) in [6.45, 7) is 1.69. The van der Waals surface area contributed by atoms with E-state index in [-0.39, 0.29) is 6.54 Å². The standard InChI is InChI=1S/C21H20F4N2/c22-16-7-4-6-15(12-16)14-27-19-9-5-8-18(26-10-2-1-3-11-26)17(19)13-20(27)21(23,24)25/h4-9,12-13H,1-3,10-11,14H2. The fraction of sp³-hybridized carbons (Fsp3) is 0.333. The highest BCUT2D eigenvalue weighted by molar-refractivity contribution is 5.94. The lowest BCUT2D eigenvalue weighted by Gasteiger charge is -2.29. The van der Waals surface area contributed by atoms with Crippen molar-refractivity contribution in [3.05, 3.63) is 65.6 Å². The molecule has 0 spiro atoms. The Hall–Kier alpha value is -2.50. The van der Waals surface area contributed by atoms with Crippen LogP contribution in [0.25, 0.3) is 10.9 Å². The molecule has 6 heteroatoms. The van der Waals surface area contributed by atoms with Gasteiger partial charge in [-0.1, -0.05) is 18.2 Å². The maximum absolute atomic E-state index is 13.7. The highest BCUT2D eigenvalue weighted by atomic mass is 19.4. The lowest BCUT2D eigenvalue weighted by molar-refractivity contribution is -0.143. The molecule has 2 nitrogen and oxygen atoms in total. The highest BCUT2D eigenvalue weighted by Gasteiger charge is 2.36. The van der Waals surface area contributed by atoms with Crippen LogP contribution >= 0.6 is 0 Å². The fourth-order valence-corrected chi connectivity index (χ4v) is 3.90. The van der Waals surface area contributed by atoms with Crippen molar-refractivity contribution in [3.8, 4) is 0 Å². The summed E-state index contributed by atoms with van der Waals surface area (Å²) in [4.78, 5) is 2.17. The Morgan fingerprint density at radius 2 is 1.63 bits per heavy atom. The van der Waals surface area contributed by atoms with E-state index in [0.717, 1.165) is 38.0 Å². The summed E-state index contributed by atoms with van der Waals surface area (Å²) in [5.41, 5.74) is 1.16. The Morgan fingerprint density at radius 1 is 0.889 bits per heavy atom. The van der Waals surface area contributed by atoms with Crippen LogP contribution in [0, 0.1) is 5.82 Å². The molecule has 27 heavy (non-hydrogen) atoms. The second-order valence-electron chi connectivity index (χ2n) is 7.00. The predicted molar refractivity (Wildman–Crippen MR) is 98.5 cm³/mol. The largest absolute Gasteiger partial charge is 0.431 e. The van der Waals surface area contributed by atoms with E-state index < -0.39 is 17.7 Å². The maximum atomic E-state index is 13.7. The molecular formula is C21H20F4N2. The van der Waals surface area contributed by atoms with E-state index in [1.165, 1.54) is 28.8 Å². The molecule has 0 amide bonds. The third-order valence-electron chi connectivity index (χ3n) is 5.14. The molecule has 0 radical (unpaired) electrons. The van der Waals surface area contributed by atoms with Crippen LogP contribution in [0.1, 0.15) is 30.5 Å². The Balaban J connectivity index is 1.85. The van der Waals surface area contributed by atoms with Gasteiger partial charge < -0.3 is 9.47 Å². The molecule has 3 aromatic rings. The van der Waals surface area contributed by atoms with Crippen LogP contribution in [-0.4, -0.2) is 17.7 Å². The van der Waals surface area contributed by atoms with Gasteiger partial charge in [-0.05, 0) is 55.2 Å². The second-order valence-corrected chi connectivity index (χ2v) is 7.00. The molecular weight excluding hydrogens is 356 g/mol. The molecule has 1 aliphatic rings. The summed E-state index contributed by atoms with van der Waals surface area (Å²) < 4.78 is 56.0. The molecule has 0 unspecified atom stereocenters. The summed E-state index contributed by atoms with van der Waals surface area (Å²) in [5.74, 6) is -0.452. The summed E-state index contributed by atoms with van der Waals surface area (Å²) >= 11 is 0. The third kappa shape index (κ3) is 3.53. The number of nitrogens with zero attached hydrogens (tertiary/aromatic N) is 2. The van der Waals surface area contributed by atoms with Crippen LogP contribution in [0.15, 0.2) is 48.5 Å². The number of alkyl halides is 3. The number of piperidine rings is 1. The molecule has 1 fully saturated rings. The van der Waals surface area contributed by atoms with E-state index in [0.29, 0.717) is 16.5 Å². The van der Waals surface area contributed by atoms with Crippen molar-refractivity contribution in [1.29, 1.82) is 0 Å². The minimum absolute atomic E-state index is 0.0282. The van der Waals surface area contributed by atoms with E-state index in [1.54, 1.807) is 18.2 Å². The van der Waals surface area contributed by atoms with Crippen molar-refractivity contribution in [2.75, 3.05) is 18.0 Å². The molecule has 0 N–H and O–H groups in total. The number of hydrogen-bond donors (Lipinski definition) is 0. The zero-order valence-corrected chi connectivity index (χ0v) is 14.8. The topological polar surface area (TPSA) is 8.17 Å². The maximum Gasteiger partial charge on any atom is 0.431 e. The van der Waals surface area contributed by atoms with Crippen molar-refractivity contribution in [2.24, 2.45) is 0 Å². The average molecular weight is 376 g/mol. The van der Waals surface area contributed by atoms with Crippen molar-refractivity contribution < 1.29 is 17.6 Å². The van der Waals surface area contributed by atoms with Crippen LogP contribution in [0.3, 0.4) is 0 Å².